The number of hydrogen-bond donors (Lipinski definition) is 2. The molecule has 3 atom stereocenters. The van der Waals surface area contributed by atoms with Gasteiger partial charge >= 0.3 is 6.18 Å². The second-order valence-corrected chi connectivity index (χ2v) is 5.47. The molecule has 1 saturated carbocycles. The van der Waals surface area contributed by atoms with Crippen molar-refractivity contribution in [2.24, 2.45) is 11.7 Å². The molecular formula is C12H19F3N2O2. The number of hydrogen-bond acceptors (Lipinski definition) is 3. The minimum Gasteiger partial charge on any atom is -0.379 e. The molecule has 2 fully saturated rings. The van der Waals surface area contributed by atoms with Crippen LogP contribution in [0.3, 0.4) is 0 Å². The average Bonchev–Trinajstić information content (AvgIpc) is 2.77. The summed E-state index contributed by atoms with van der Waals surface area (Å²) in [5.41, 5.74) is 4.68. The zero-order valence-corrected chi connectivity index (χ0v) is 10.6. The third-order valence-corrected chi connectivity index (χ3v) is 4.01. The van der Waals surface area contributed by atoms with Gasteiger partial charge in [0.15, 0.2) is 0 Å². The van der Waals surface area contributed by atoms with Crippen molar-refractivity contribution in [3.05, 3.63) is 0 Å². The number of carbonyl (C=O) groups excluding carboxylic acids is 1. The highest BCUT2D eigenvalue weighted by molar-refractivity contribution is 5.86. The lowest BCUT2D eigenvalue weighted by molar-refractivity contribution is -0.189. The fourth-order valence-electron chi connectivity index (χ4n) is 2.77. The molecule has 0 aromatic heterocycles. The Bertz CT molecular complexity index is 340. The second kappa shape index (κ2) is 5.28. The minimum atomic E-state index is -4.27. The first kappa shape index (κ1) is 14.6. The second-order valence-electron chi connectivity index (χ2n) is 5.47. The van der Waals surface area contributed by atoms with Crippen LogP contribution in [0.4, 0.5) is 13.2 Å². The van der Waals surface area contributed by atoms with E-state index in [1.54, 1.807) is 0 Å². The van der Waals surface area contributed by atoms with Crippen molar-refractivity contribution in [1.82, 2.24) is 5.32 Å². The number of halogens is 3. The summed E-state index contributed by atoms with van der Waals surface area (Å²) < 4.78 is 43.8. The monoisotopic (exact) mass is 280 g/mol. The summed E-state index contributed by atoms with van der Waals surface area (Å²) in [6.07, 6.45) is -2.25. The summed E-state index contributed by atoms with van der Waals surface area (Å²) in [4.78, 5) is 12.0. The van der Waals surface area contributed by atoms with Crippen molar-refractivity contribution >= 4 is 5.91 Å². The number of amides is 1. The fourth-order valence-corrected chi connectivity index (χ4v) is 2.77. The Hall–Kier alpha value is -0.820. The largest absolute Gasteiger partial charge is 0.393 e. The van der Waals surface area contributed by atoms with E-state index >= 15 is 0 Å². The first-order chi connectivity index (χ1) is 8.83. The SMILES string of the molecule is NC1(C(=O)NC2CCCCC2C(F)(F)F)CCOC1. The Morgan fingerprint density at radius 1 is 1.32 bits per heavy atom. The first-order valence-electron chi connectivity index (χ1n) is 6.57. The molecule has 110 valence electrons. The highest BCUT2D eigenvalue weighted by Gasteiger charge is 2.47. The standard InChI is InChI=1S/C12H19F3N2O2/c13-12(14,15)8-3-1-2-4-9(8)17-10(18)11(16)5-6-19-7-11/h8-9H,1-7,16H2,(H,17,18). The molecule has 0 aromatic rings. The van der Waals surface area contributed by atoms with Crippen LogP contribution in [0, 0.1) is 5.92 Å². The topological polar surface area (TPSA) is 64.4 Å². The summed E-state index contributed by atoms with van der Waals surface area (Å²) >= 11 is 0. The summed E-state index contributed by atoms with van der Waals surface area (Å²) in [5, 5.41) is 2.49. The lowest BCUT2D eigenvalue weighted by atomic mass is 9.83. The maximum absolute atomic E-state index is 12.9. The van der Waals surface area contributed by atoms with Crippen molar-refractivity contribution < 1.29 is 22.7 Å². The Labute approximate surface area is 109 Å². The van der Waals surface area contributed by atoms with Gasteiger partial charge in [-0.15, -0.1) is 0 Å². The number of nitrogens with two attached hydrogens (primary N) is 1. The van der Waals surface area contributed by atoms with Crippen LogP contribution in [0.25, 0.3) is 0 Å². The number of nitrogens with one attached hydrogen (secondary N) is 1. The summed E-state index contributed by atoms with van der Waals surface area (Å²) in [5.74, 6) is -1.98. The maximum atomic E-state index is 12.9. The highest BCUT2D eigenvalue weighted by Crippen LogP contribution is 2.38. The highest BCUT2D eigenvalue weighted by atomic mass is 19.4. The summed E-state index contributed by atoms with van der Waals surface area (Å²) in [6, 6.07) is -0.859. The molecule has 0 radical (unpaired) electrons. The molecule has 2 aliphatic rings. The van der Waals surface area contributed by atoms with Crippen LogP contribution in [-0.2, 0) is 9.53 Å². The molecular weight excluding hydrogens is 261 g/mol. The van der Waals surface area contributed by atoms with Crippen molar-refractivity contribution in [3.63, 3.8) is 0 Å². The van der Waals surface area contributed by atoms with E-state index in [1.165, 1.54) is 0 Å². The molecule has 1 heterocycles. The molecule has 2 rings (SSSR count). The van der Waals surface area contributed by atoms with E-state index in [-0.39, 0.29) is 13.0 Å². The van der Waals surface area contributed by atoms with Crippen LogP contribution >= 0.6 is 0 Å². The number of alkyl halides is 3. The van der Waals surface area contributed by atoms with Gasteiger partial charge in [0.05, 0.1) is 12.5 Å². The van der Waals surface area contributed by atoms with Crippen LogP contribution in [0.15, 0.2) is 0 Å². The van der Waals surface area contributed by atoms with Crippen LogP contribution in [0.5, 0.6) is 0 Å². The van der Waals surface area contributed by atoms with Gasteiger partial charge in [-0.25, -0.2) is 0 Å². The normalized spacial score (nSPS) is 36.2. The van der Waals surface area contributed by atoms with Gasteiger partial charge in [-0.1, -0.05) is 12.8 Å². The van der Waals surface area contributed by atoms with E-state index in [2.05, 4.69) is 5.32 Å². The minimum absolute atomic E-state index is 0.0717. The van der Waals surface area contributed by atoms with Gasteiger partial charge in [0.2, 0.25) is 5.91 Å². The molecule has 0 bridgehead atoms. The first-order valence-corrected chi connectivity index (χ1v) is 6.57. The zero-order chi connectivity index (χ0) is 14.1. The molecule has 0 aromatic carbocycles. The molecule has 3 N–H and O–H groups in total. The van der Waals surface area contributed by atoms with Crippen LogP contribution in [0.1, 0.15) is 32.1 Å². The van der Waals surface area contributed by atoms with Gasteiger partial charge in [0.1, 0.15) is 5.54 Å². The molecule has 1 aliphatic heterocycles. The third kappa shape index (κ3) is 3.20. The summed E-state index contributed by atoms with van der Waals surface area (Å²) in [6.45, 7) is 0.444. The van der Waals surface area contributed by atoms with Crippen molar-refractivity contribution in [1.29, 1.82) is 0 Å². The van der Waals surface area contributed by atoms with E-state index in [0.717, 1.165) is 0 Å². The lowest BCUT2D eigenvalue weighted by Crippen LogP contribution is -2.59. The molecule has 0 spiro atoms. The average molecular weight is 280 g/mol. The Morgan fingerprint density at radius 2 is 2.00 bits per heavy atom. The Morgan fingerprint density at radius 3 is 2.58 bits per heavy atom. The molecule has 19 heavy (non-hydrogen) atoms. The van der Waals surface area contributed by atoms with E-state index < -0.39 is 29.6 Å². The van der Waals surface area contributed by atoms with E-state index in [0.29, 0.717) is 32.3 Å². The number of carbonyl (C=O) groups is 1. The molecule has 4 nitrogen and oxygen atoms in total. The smallest absolute Gasteiger partial charge is 0.379 e. The van der Waals surface area contributed by atoms with E-state index in [4.69, 9.17) is 10.5 Å². The summed E-state index contributed by atoms with van der Waals surface area (Å²) in [7, 11) is 0. The van der Waals surface area contributed by atoms with Gasteiger partial charge in [0.25, 0.3) is 0 Å². The van der Waals surface area contributed by atoms with Gasteiger partial charge in [0, 0.05) is 12.6 Å². The molecule has 1 amide bonds. The number of rotatable bonds is 2. The molecule has 1 aliphatic carbocycles. The zero-order valence-electron chi connectivity index (χ0n) is 10.6. The van der Waals surface area contributed by atoms with Gasteiger partial charge in [-0.3, -0.25) is 4.79 Å². The van der Waals surface area contributed by atoms with Gasteiger partial charge in [-0.05, 0) is 19.3 Å². The quantitative estimate of drug-likeness (QED) is 0.802. The van der Waals surface area contributed by atoms with Crippen LogP contribution in [0.2, 0.25) is 0 Å². The van der Waals surface area contributed by atoms with Crippen molar-refractivity contribution in [2.45, 2.75) is 49.9 Å². The third-order valence-electron chi connectivity index (χ3n) is 4.01. The molecule has 1 saturated heterocycles. The van der Waals surface area contributed by atoms with Crippen molar-refractivity contribution in [3.8, 4) is 0 Å². The predicted octanol–water partition coefficient (Wildman–Crippen LogP) is 1.34. The van der Waals surface area contributed by atoms with E-state index in [1.807, 2.05) is 0 Å². The number of ether oxygens (including phenoxy) is 1. The van der Waals surface area contributed by atoms with E-state index in [9.17, 15) is 18.0 Å². The predicted molar refractivity (Wildman–Crippen MR) is 62.3 cm³/mol. The van der Waals surface area contributed by atoms with Crippen LogP contribution in [-0.4, -0.2) is 36.9 Å². The Balaban J connectivity index is 2.01. The fraction of sp³-hybridized carbons (Fsp3) is 0.917. The molecule has 3 unspecified atom stereocenters. The molecule has 7 heteroatoms. The van der Waals surface area contributed by atoms with Crippen LogP contribution < -0.4 is 11.1 Å². The van der Waals surface area contributed by atoms with Crippen molar-refractivity contribution in [2.75, 3.05) is 13.2 Å². The maximum Gasteiger partial charge on any atom is 0.393 e. The van der Waals surface area contributed by atoms with Gasteiger partial charge < -0.3 is 15.8 Å². The Kier molecular flexibility index (Phi) is 4.06. The lowest BCUT2D eigenvalue weighted by Gasteiger charge is -2.35. The van der Waals surface area contributed by atoms with Gasteiger partial charge in [-0.2, -0.15) is 13.2 Å².